The second-order valence-corrected chi connectivity index (χ2v) is 6.46. The van der Waals surface area contributed by atoms with Gasteiger partial charge in [-0.05, 0) is 43.4 Å². The second-order valence-electron chi connectivity index (χ2n) is 5.54. The van der Waals surface area contributed by atoms with Crippen molar-refractivity contribution in [2.45, 2.75) is 44.0 Å². The maximum absolute atomic E-state index is 13.2. The zero-order chi connectivity index (χ0) is 16.3. The van der Waals surface area contributed by atoms with Crippen LogP contribution in [0.4, 0.5) is 13.2 Å². The molecule has 1 aromatic rings. The van der Waals surface area contributed by atoms with Gasteiger partial charge in [0.15, 0.2) is 6.04 Å². The Morgan fingerprint density at radius 1 is 1.18 bits per heavy atom. The molecule has 7 heteroatoms. The molecule has 1 atom stereocenters. The molecule has 1 aliphatic rings. The quantitative estimate of drug-likeness (QED) is 0.840. The first kappa shape index (κ1) is 17.3. The first-order valence-electron chi connectivity index (χ1n) is 7.08. The van der Waals surface area contributed by atoms with Gasteiger partial charge < -0.3 is 10.4 Å². The highest BCUT2D eigenvalue weighted by molar-refractivity contribution is 9.10. The highest BCUT2D eigenvalue weighted by Crippen LogP contribution is 2.34. The summed E-state index contributed by atoms with van der Waals surface area (Å²) in [5, 5.41) is 11.5. The average molecular weight is 380 g/mol. The van der Waals surface area contributed by atoms with Crippen molar-refractivity contribution >= 4 is 21.8 Å². The maximum atomic E-state index is 13.2. The van der Waals surface area contributed by atoms with Gasteiger partial charge in [-0.1, -0.05) is 28.1 Å². The number of amides is 1. The third-order valence-corrected chi connectivity index (χ3v) is 4.41. The third kappa shape index (κ3) is 4.46. The third-order valence-electron chi connectivity index (χ3n) is 3.88. The Morgan fingerprint density at radius 3 is 2.23 bits per heavy atom. The smallest absolute Gasteiger partial charge is 0.393 e. The molecular formula is C15H17BrF3NO2. The maximum Gasteiger partial charge on any atom is 0.412 e. The lowest BCUT2D eigenvalue weighted by atomic mass is 9.86. The lowest BCUT2D eigenvalue weighted by Gasteiger charge is -2.28. The molecule has 22 heavy (non-hydrogen) atoms. The van der Waals surface area contributed by atoms with E-state index in [2.05, 4.69) is 21.2 Å². The molecule has 0 heterocycles. The largest absolute Gasteiger partial charge is 0.412 e. The Bertz CT molecular complexity index is 511. The van der Waals surface area contributed by atoms with Crippen LogP contribution in [0, 0.1) is 5.92 Å². The van der Waals surface area contributed by atoms with Crippen LogP contribution < -0.4 is 5.32 Å². The Morgan fingerprint density at radius 2 is 1.73 bits per heavy atom. The minimum atomic E-state index is -4.56. The van der Waals surface area contributed by atoms with E-state index in [4.69, 9.17) is 0 Å². The Hall–Kier alpha value is -1.08. The molecule has 1 aromatic carbocycles. The molecule has 122 valence electrons. The van der Waals surface area contributed by atoms with Crippen LogP contribution in [0.15, 0.2) is 28.7 Å². The number of hydrogen-bond donors (Lipinski definition) is 2. The molecule has 0 bridgehead atoms. The van der Waals surface area contributed by atoms with Gasteiger partial charge in [0, 0.05) is 10.4 Å². The van der Waals surface area contributed by atoms with Crippen molar-refractivity contribution in [3.05, 3.63) is 34.3 Å². The van der Waals surface area contributed by atoms with Crippen molar-refractivity contribution < 1.29 is 23.1 Å². The summed E-state index contributed by atoms with van der Waals surface area (Å²) in [5.41, 5.74) is -0.0000980. The summed E-state index contributed by atoms with van der Waals surface area (Å²) < 4.78 is 40.4. The number of nitrogens with one attached hydrogen (secondary N) is 1. The van der Waals surface area contributed by atoms with Crippen LogP contribution in [-0.4, -0.2) is 23.3 Å². The summed E-state index contributed by atoms with van der Waals surface area (Å²) in [6, 6.07) is 3.69. The fraction of sp³-hybridized carbons (Fsp3) is 0.533. The summed E-state index contributed by atoms with van der Waals surface area (Å²) in [5.74, 6) is -1.07. The van der Waals surface area contributed by atoms with Crippen molar-refractivity contribution in [1.82, 2.24) is 5.32 Å². The van der Waals surface area contributed by atoms with Crippen LogP contribution in [-0.2, 0) is 4.79 Å². The number of aliphatic hydroxyl groups excluding tert-OH is 1. The number of halogens is 4. The van der Waals surface area contributed by atoms with Crippen molar-refractivity contribution in [2.24, 2.45) is 5.92 Å². The molecule has 1 amide bonds. The molecule has 1 saturated carbocycles. The van der Waals surface area contributed by atoms with E-state index in [1.807, 2.05) is 0 Å². The van der Waals surface area contributed by atoms with E-state index in [1.54, 1.807) is 0 Å². The van der Waals surface area contributed by atoms with Crippen molar-refractivity contribution in [3.8, 4) is 0 Å². The van der Waals surface area contributed by atoms with Crippen molar-refractivity contribution in [3.63, 3.8) is 0 Å². The predicted molar refractivity (Wildman–Crippen MR) is 79.0 cm³/mol. The van der Waals surface area contributed by atoms with E-state index in [1.165, 1.54) is 24.3 Å². The monoisotopic (exact) mass is 379 g/mol. The van der Waals surface area contributed by atoms with Gasteiger partial charge in [0.05, 0.1) is 6.10 Å². The number of carbonyl (C=O) groups excluding carboxylic acids is 1. The summed E-state index contributed by atoms with van der Waals surface area (Å²) in [6.07, 6.45) is -3.28. The number of aliphatic hydroxyl groups is 1. The predicted octanol–water partition coefficient (Wildman–Crippen LogP) is 3.72. The molecule has 0 aromatic heterocycles. The van der Waals surface area contributed by atoms with E-state index in [0.29, 0.717) is 30.2 Å². The Balaban J connectivity index is 2.10. The van der Waals surface area contributed by atoms with E-state index in [9.17, 15) is 23.1 Å². The van der Waals surface area contributed by atoms with Gasteiger partial charge in [-0.15, -0.1) is 0 Å². The topological polar surface area (TPSA) is 49.3 Å². The summed E-state index contributed by atoms with van der Waals surface area (Å²) in [7, 11) is 0. The fourth-order valence-electron chi connectivity index (χ4n) is 2.61. The van der Waals surface area contributed by atoms with Gasteiger partial charge in [-0.2, -0.15) is 13.2 Å². The van der Waals surface area contributed by atoms with Crippen LogP contribution in [0.25, 0.3) is 0 Å². The van der Waals surface area contributed by atoms with Crippen LogP contribution in [0.2, 0.25) is 0 Å². The minimum Gasteiger partial charge on any atom is -0.393 e. The van der Waals surface area contributed by atoms with Gasteiger partial charge in [0.2, 0.25) is 5.91 Å². The number of hydrogen-bond acceptors (Lipinski definition) is 2. The van der Waals surface area contributed by atoms with Crippen LogP contribution in [0.3, 0.4) is 0 Å². The average Bonchev–Trinajstić information content (AvgIpc) is 2.45. The zero-order valence-corrected chi connectivity index (χ0v) is 13.3. The van der Waals surface area contributed by atoms with Crippen molar-refractivity contribution in [2.75, 3.05) is 0 Å². The number of rotatable bonds is 3. The molecule has 0 spiro atoms. The molecule has 2 rings (SSSR count). The first-order chi connectivity index (χ1) is 10.3. The van der Waals surface area contributed by atoms with Gasteiger partial charge in [-0.25, -0.2) is 0 Å². The summed E-state index contributed by atoms with van der Waals surface area (Å²) in [6.45, 7) is 0. The minimum absolute atomic E-state index is 0.0000980. The van der Waals surface area contributed by atoms with E-state index >= 15 is 0 Å². The van der Waals surface area contributed by atoms with Gasteiger partial charge >= 0.3 is 6.18 Å². The number of carbonyl (C=O) groups is 1. The van der Waals surface area contributed by atoms with E-state index < -0.39 is 30.1 Å². The molecule has 1 fully saturated rings. The molecule has 0 saturated heterocycles. The Labute approximate surface area is 135 Å². The van der Waals surface area contributed by atoms with E-state index in [0.717, 1.165) is 0 Å². The van der Waals surface area contributed by atoms with Crippen molar-refractivity contribution in [1.29, 1.82) is 0 Å². The highest BCUT2D eigenvalue weighted by Gasteiger charge is 2.42. The van der Waals surface area contributed by atoms with E-state index in [-0.39, 0.29) is 5.56 Å². The van der Waals surface area contributed by atoms with Gasteiger partial charge in [0.1, 0.15) is 0 Å². The summed E-state index contributed by atoms with van der Waals surface area (Å²) in [4.78, 5) is 12.1. The standard InChI is InChI=1S/C15H17BrF3NO2/c16-11-5-1-9(2-6-11)13(15(17,18)19)20-14(22)10-3-7-12(21)8-4-10/h1-2,5-6,10,12-13,21H,3-4,7-8H2,(H,20,22)/t10?,12?,13-/m0/s1. The summed E-state index contributed by atoms with van der Waals surface area (Å²) >= 11 is 3.17. The van der Waals surface area contributed by atoms with Gasteiger partial charge in [-0.3, -0.25) is 4.79 Å². The normalized spacial score (nSPS) is 23.9. The van der Waals surface area contributed by atoms with Crippen LogP contribution >= 0.6 is 15.9 Å². The highest BCUT2D eigenvalue weighted by atomic mass is 79.9. The second kappa shape index (κ2) is 7.00. The fourth-order valence-corrected chi connectivity index (χ4v) is 2.87. The molecule has 1 aliphatic carbocycles. The number of alkyl halides is 3. The van der Waals surface area contributed by atoms with Crippen LogP contribution in [0.5, 0.6) is 0 Å². The molecule has 0 radical (unpaired) electrons. The molecule has 3 nitrogen and oxygen atoms in total. The molecule has 0 aliphatic heterocycles. The molecular weight excluding hydrogens is 363 g/mol. The Kier molecular flexibility index (Phi) is 5.50. The lowest BCUT2D eigenvalue weighted by Crippen LogP contribution is -2.42. The lowest BCUT2D eigenvalue weighted by molar-refractivity contribution is -0.165. The molecule has 0 unspecified atom stereocenters. The first-order valence-corrected chi connectivity index (χ1v) is 7.87. The molecule has 2 N–H and O–H groups in total. The van der Waals surface area contributed by atoms with Gasteiger partial charge in [0.25, 0.3) is 0 Å². The van der Waals surface area contributed by atoms with Crippen LogP contribution in [0.1, 0.15) is 37.3 Å². The zero-order valence-electron chi connectivity index (χ0n) is 11.7. The SMILES string of the molecule is O=C(N[C@@H](c1ccc(Br)cc1)C(F)(F)F)C1CCC(O)CC1. The number of benzene rings is 1.